The fourth-order valence-electron chi connectivity index (χ4n) is 2.21. The molecule has 0 unspecified atom stereocenters. The van der Waals surface area contributed by atoms with Gasteiger partial charge >= 0.3 is 5.97 Å². The molecule has 0 radical (unpaired) electrons. The number of Topliss-reactive ketones (excluding diaryl/α,β-unsaturated/α-hetero) is 1. The normalized spacial score (nSPS) is 10.7. The zero-order chi connectivity index (χ0) is 17.1. The van der Waals surface area contributed by atoms with Crippen molar-refractivity contribution in [1.29, 1.82) is 0 Å². The third kappa shape index (κ3) is 3.38. The molecule has 1 aromatic carbocycles. The van der Waals surface area contributed by atoms with Crippen molar-refractivity contribution < 1.29 is 14.7 Å². The average Bonchev–Trinajstić information content (AvgIpc) is 3.20. The molecule has 8 heteroatoms. The van der Waals surface area contributed by atoms with Gasteiger partial charge in [-0.3, -0.25) is 4.79 Å². The Bertz CT molecular complexity index is 886. The molecule has 122 valence electrons. The van der Waals surface area contributed by atoms with Crippen LogP contribution in [0.5, 0.6) is 0 Å². The summed E-state index contributed by atoms with van der Waals surface area (Å²) in [6, 6.07) is 9.80. The van der Waals surface area contributed by atoms with Crippen LogP contribution in [0, 0.1) is 6.92 Å². The Hall–Kier alpha value is -2.87. The highest BCUT2D eigenvalue weighted by molar-refractivity contribution is 7.16. The molecule has 3 aromatic rings. The molecule has 0 atom stereocenters. The highest BCUT2D eigenvalue weighted by atomic mass is 32.1. The summed E-state index contributed by atoms with van der Waals surface area (Å²) in [6.07, 6.45) is 2.34. The number of thiazole rings is 1. The van der Waals surface area contributed by atoms with Gasteiger partial charge in [-0.15, -0.1) is 5.10 Å². The largest absolute Gasteiger partial charge is 0.476 e. The third-order valence-electron chi connectivity index (χ3n) is 3.43. The van der Waals surface area contributed by atoms with E-state index in [2.05, 4.69) is 15.3 Å². The van der Waals surface area contributed by atoms with Crippen molar-refractivity contribution in [3.8, 4) is 5.13 Å². The van der Waals surface area contributed by atoms with E-state index in [0.717, 1.165) is 5.56 Å². The number of carbonyl (C=O) groups excluding carboxylic acids is 1. The lowest BCUT2D eigenvalue weighted by Crippen LogP contribution is -2.00. The lowest BCUT2D eigenvalue weighted by atomic mass is 10.1. The van der Waals surface area contributed by atoms with E-state index >= 15 is 0 Å². The van der Waals surface area contributed by atoms with E-state index in [1.807, 2.05) is 30.3 Å². The SMILES string of the molecule is Cc1nc(-n2cc(C(=O)O)nn2)sc1C(=O)CCc1ccccc1. The number of carbonyl (C=O) groups is 2. The average molecular weight is 342 g/mol. The summed E-state index contributed by atoms with van der Waals surface area (Å²) in [5.41, 5.74) is 1.55. The fraction of sp³-hybridized carbons (Fsp3) is 0.188. The summed E-state index contributed by atoms with van der Waals surface area (Å²) in [5, 5.41) is 16.6. The topological polar surface area (TPSA) is 98.0 Å². The number of nitrogens with zero attached hydrogens (tertiary/aromatic N) is 4. The Morgan fingerprint density at radius 2 is 2.00 bits per heavy atom. The van der Waals surface area contributed by atoms with Crippen LogP contribution in [-0.2, 0) is 6.42 Å². The summed E-state index contributed by atoms with van der Waals surface area (Å²) < 4.78 is 1.27. The molecule has 0 spiro atoms. The Labute approximate surface area is 141 Å². The van der Waals surface area contributed by atoms with Crippen LogP contribution >= 0.6 is 11.3 Å². The molecule has 0 bridgehead atoms. The second-order valence-electron chi connectivity index (χ2n) is 5.17. The van der Waals surface area contributed by atoms with Crippen molar-refractivity contribution in [3.63, 3.8) is 0 Å². The molecular formula is C16H14N4O3S. The Balaban J connectivity index is 1.75. The van der Waals surface area contributed by atoms with Crippen molar-refractivity contribution in [2.75, 3.05) is 0 Å². The van der Waals surface area contributed by atoms with Crippen LogP contribution in [0.3, 0.4) is 0 Å². The number of hydrogen-bond acceptors (Lipinski definition) is 6. The first-order valence-electron chi connectivity index (χ1n) is 7.25. The van der Waals surface area contributed by atoms with E-state index in [1.54, 1.807) is 6.92 Å². The molecule has 0 amide bonds. The monoisotopic (exact) mass is 342 g/mol. The molecule has 2 aromatic heterocycles. The first-order valence-corrected chi connectivity index (χ1v) is 8.07. The molecule has 0 saturated heterocycles. The van der Waals surface area contributed by atoms with Gasteiger partial charge in [0.05, 0.1) is 16.8 Å². The minimum atomic E-state index is -1.16. The van der Waals surface area contributed by atoms with E-state index in [1.165, 1.54) is 22.2 Å². The van der Waals surface area contributed by atoms with Gasteiger partial charge in [-0.1, -0.05) is 46.9 Å². The van der Waals surface area contributed by atoms with E-state index in [9.17, 15) is 9.59 Å². The van der Waals surface area contributed by atoms with Crippen molar-refractivity contribution in [2.24, 2.45) is 0 Å². The summed E-state index contributed by atoms with van der Waals surface area (Å²) in [6.45, 7) is 1.75. The van der Waals surface area contributed by atoms with Gasteiger partial charge in [0, 0.05) is 6.42 Å². The summed E-state index contributed by atoms with van der Waals surface area (Å²) in [4.78, 5) is 28.1. The zero-order valence-electron chi connectivity index (χ0n) is 12.8. The van der Waals surface area contributed by atoms with Crippen molar-refractivity contribution in [1.82, 2.24) is 20.0 Å². The number of carboxylic acid groups (broad SMARTS) is 1. The van der Waals surface area contributed by atoms with Gasteiger partial charge < -0.3 is 5.11 Å². The number of aryl methyl sites for hydroxylation is 2. The van der Waals surface area contributed by atoms with Crippen molar-refractivity contribution in [3.05, 3.63) is 58.4 Å². The molecule has 0 aliphatic carbocycles. The first kappa shape index (κ1) is 16.0. The number of aromatic carboxylic acids is 1. The second kappa shape index (κ2) is 6.71. The van der Waals surface area contributed by atoms with Gasteiger partial charge in [0.25, 0.3) is 0 Å². The predicted octanol–water partition coefficient (Wildman–Crippen LogP) is 2.55. The van der Waals surface area contributed by atoms with Crippen molar-refractivity contribution >= 4 is 23.1 Å². The van der Waals surface area contributed by atoms with E-state index in [0.29, 0.717) is 28.5 Å². The summed E-state index contributed by atoms with van der Waals surface area (Å²) in [5.74, 6) is -1.15. The number of benzene rings is 1. The zero-order valence-corrected chi connectivity index (χ0v) is 13.7. The van der Waals surface area contributed by atoms with Crippen molar-refractivity contribution in [2.45, 2.75) is 19.8 Å². The number of carboxylic acids is 1. The number of aromatic nitrogens is 4. The molecule has 0 aliphatic heterocycles. The van der Waals surface area contributed by atoms with Gasteiger partial charge in [-0.2, -0.15) is 4.68 Å². The molecule has 7 nitrogen and oxygen atoms in total. The first-order chi connectivity index (χ1) is 11.5. The number of ketones is 1. The standard InChI is InChI=1S/C16H14N4O3S/c1-10-14(13(21)8-7-11-5-3-2-4-6-11)24-16(17-10)20-9-12(15(22)23)18-19-20/h2-6,9H,7-8H2,1H3,(H,22,23). The Morgan fingerprint density at radius 1 is 1.25 bits per heavy atom. The van der Waals surface area contributed by atoms with E-state index < -0.39 is 5.97 Å². The fourth-order valence-corrected chi connectivity index (χ4v) is 3.17. The predicted molar refractivity (Wildman–Crippen MR) is 87.8 cm³/mol. The van der Waals surface area contributed by atoms with Crippen LogP contribution in [0.15, 0.2) is 36.5 Å². The summed E-state index contributed by atoms with van der Waals surface area (Å²) in [7, 11) is 0. The van der Waals surface area contributed by atoms with Crippen LogP contribution in [0.4, 0.5) is 0 Å². The molecule has 2 heterocycles. The smallest absolute Gasteiger partial charge is 0.358 e. The maximum Gasteiger partial charge on any atom is 0.358 e. The minimum Gasteiger partial charge on any atom is -0.476 e. The molecule has 0 fully saturated rings. The molecule has 3 rings (SSSR count). The van der Waals surface area contributed by atoms with Crippen LogP contribution in [-0.4, -0.2) is 36.8 Å². The van der Waals surface area contributed by atoms with E-state index in [4.69, 9.17) is 5.11 Å². The number of hydrogen-bond donors (Lipinski definition) is 1. The third-order valence-corrected chi connectivity index (χ3v) is 4.62. The van der Waals surface area contributed by atoms with Crippen LogP contribution in [0.25, 0.3) is 5.13 Å². The van der Waals surface area contributed by atoms with Gasteiger partial charge in [-0.25, -0.2) is 9.78 Å². The lowest BCUT2D eigenvalue weighted by molar-refractivity contribution is 0.0690. The minimum absolute atomic E-state index is 0.0127. The van der Waals surface area contributed by atoms with Crippen LogP contribution in [0.1, 0.15) is 37.8 Å². The van der Waals surface area contributed by atoms with Gasteiger partial charge in [-0.05, 0) is 18.9 Å². The van der Waals surface area contributed by atoms with Gasteiger partial charge in [0.1, 0.15) is 0 Å². The Morgan fingerprint density at radius 3 is 2.67 bits per heavy atom. The van der Waals surface area contributed by atoms with Crippen LogP contribution in [0.2, 0.25) is 0 Å². The summed E-state index contributed by atoms with van der Waals surface area (Å²) >= 11 is 1.19. The second-order valence-corrected chi connectivity index (χ2v) is 6.15. The van der Waals surface area contributed by atoms with E-state index in [-0.39, 0.29) is 11.5 Å². The lowest BCUT2D eigenvalue weighted by Gasteiger charge is -2.00. The quantitative estimate of drug-likeness (QED) is 0.691. The highest BCUT2D eigenvalue weighted by Gasteiger charge is 2.18. The van der Waals surface area contributed by atoms with Gasteiger partial charge in [0.2, 0.25) is 5.13 Å². The maximum atomic E-state index is 12.4. The molecule has 0 aliphatic rings. The van der Waals surface area contributed by atoms with Gasteiger partial charge in [0.15, 0.2) is 11.5 Å². The molecule has 1 N–H and O–H groups in total. The Kier molecular flexibility index (Phi) is 4.48. The molecule has 0 saturated carbocycles. The molecular weight excluding hydrogens is 328 g/mol. The maximum absolute atomic E-state index is 12.4. The van der Waals surface area contributed by atoms with Crippen LogP contribution < -0.4 is 0 Å². The highest BCUT2D eigenvalue weighted by Crippen LogP contribution is 2.23. The number of rotatable bonds is 6. The molecule has 24 heavy (non-hydrogen) atoms.